The van der Waals surface area contributed by atoms with Crippen molar-refractivity contribution in [3.05, 3.63) is 41.5 Å². The number of para-hydroxylation sites is 1. The van der Waals surface area contributed by atoms with Crippen molar-refractivity contribution in [3.63, 3.8) is 0 Å². The maximum atomic E-state index is 11.4. The van der Waals surface area contributed by atoms with Crippen molar-refractivity contribution < 1.29 is 9.32 Å². The standard InChI is InChI=1S/C13H14N4O2/c1-14-12(18)11-16-13(19-17-11)9-6-8-4-2-3-5-10(8)15-7-9/h2-5,9,15H,6-7H2,1H3,(H,14,18). The van der Waals surface area contributed by atoms with Crippen molar-refractivity contribution in [2.24, 2.45) is 0 Å². The Labute approximate surface area is 110 Å². The summed E-state index contributed by atoms with van der Waals surface area (Å²) in [5.41, 5.74) is 2.36. The molecule has 0 radical (unpaired) electrons. The van der Waals surface area contributed by atoms with E-state index in [2.05, 4.69) is 32.9 Å². The van der Waals surface area contributed by atoms with Gasteiger partial charge in [-0.2, -0.15) is 4.98 Å². The second-order valence-electron chi connectivity index (χ2n) is 4.47. The van der Waals surface area contributed by atoms with Crippen LogP contribution in [0.15, 0.2) is 28.8 Å². The van der Waals surface area contributed by atoms with Crippen LogP contribution in [0.5, 0.6) is 0 Å². The Morgan fingerprint density at radius 1 is 1.47 bits per heavy atom. The molecule has 2 heterocycles. The van der Waals surface area contributed by atoms with Crippen LogP contribution >= 0.6 is 0 Å². The fourth-order valence-electron chi connectivity index (χ4n) is 2.22. The maximum Gasteiger partial charge on any atom is 0.292 e. The zero-order chi connectivity index (χ0) is 13.2. The predicted molar refractivity (Wildman–Crippen MR) is 69.1 cm³/mol. The van der Waals surface area contributed by atoms with E-state index >= 15 is 0 Å². The molecule has 0 bridgehead atoms. The van der Waals surface area contributed by atoms with Crippen LogP contribution in [0.3, 0.4) is 0 Å². The minimum atomic E-state index is -0.334. The zero-order valence-electron chi connectivity index (χ0n) is 10.5. The van der Waals surface area contributed by atoms with Gasteiger partial charge in [-0.3, -0.25) is 4.79 Å². The molecule has 98 valence electrons. The van der Waals surface area contributed by atoms with Gasteiger partial charge < -0.3 is 15.2 Å². The van der Waals surface area contributed by atoms with Crippen molar-refractivity contribution in [2.75, 3.05) is 18.9 Å². The molecule has 1 aromatic carbocycles. The van der Waals surface area contributed by atoms with Crippen molar-refractivity contribution in [1.82, 2.24) is 15.5 Å². The highest BCUT2D eigenvalue weighted by atomic mass is 16.5. The average molecular weight is 258 g/mol. The highest BCUT2D eigenvalue weighted by Crippen LogP contribution is 2.29. The third-order valence-corrected chi connectivity index (χ3v) is 3.24. The van der Waals surface area contributed by atoms with E-state index in [1.807, 2.05) is 12.1 Å². The monoisotopic (exact) mass is 258 g/mol. The van der Waals surface area contributed by atoms with E-state index in [0.29, 0.717) is 5.89 Å². The summed E-state index contributed by atoms with van der Waals surface area (Å²) >= 11 is 0. The summed E-state index contributed by atoms with van der Waals surface area (Å²) in [6.07, 6.45) is 0.832. The van der Waals surface area contributed by atoms with Gasteiger partial charge in [-0.25, -0.2) is 0 Å². The van der Waals surface area contributed by atoms with Gasteiger partial charge in [0.2, 0.25) is 5.89 Å². The summed E-state index contributed by atoms with van der Waals surface area (Å²) in [4.78, 5) is 15.5. The third-order valence-electron chi connectivity index (χ3n) is 3.24. The van der Waals surface area contributed by atoms with Crippen LogP contribution in [0.4, 0.5) is 5.69 Å². The third kappa shape index (κ3) is 2.16. The molecule has 0 spiro atoms. The first-order valence-corrected chi connectivity index (χ1v) is 6.15. The Bertz CT molecular complexity index is 608. The molecule has 3 rings (SSSR count). The number of nitrogens with one attached hydrogen (secondary N) is 2. The van der Waals surface area contributed by atoms with Crippen molar-refractivity contribution >= 4 is 11.6 Å². The van der Waals surface area contributed by atoms with Crippen LogP contribution in [0.25, 0.3) is 0 Å². The molecular formula is C13H14N4O2. The van der Waals surface area contributed by atoms with Crippen LogP contribution in [-0.2, 0) is 6.42 Å². The molecule has 0 saturated carbocycles. The summed E-state index contributed by atoms with van der Waals surface area (Å²) in [6.45, 7) is 0.729. The number of carbonyl (C=O) groups is 1. The summed E-state index contributed by atoms with van der Waals surface area (Å²) < 4.78 is 5.18. The first kappa shape index (κ1) is 11.7. The highest BCUT2D eigenvalue weighted by molar-refractivity contribution is 5.89. The van der Waals surface area contributed by atoms with Crippen LogP contribution in [0, 0.1) is 0 Å². The second-order valence-corrected chi connectivity index (χ2v) is 4.47. The first-order chi connectivity index (χ1) is 9.28. The lowest BCUT2D eigenvalue weighted by atomic mass is 9.94. The lowest BCUT2D eigenvalue weighted by Crippen LogP contribution is -2.22. The SMILES string of the molecule is CNC(=O)c1noc(C2CNc3ccccc3C2)n1. The number of fused-ring (bicyclic) bond motifs is 1. The smallest absolute Gasteiger partial charge is 0.292 e. The van der Waals surface area contributed by atoms with Gasteiger partial charge >= 0.3 is 0 Å². The zero-order valence-corrected chi connectivity index (χ0v) is 10.5. The molecule has 6 nitrogen and oxygen atoms in total. The fraction of sp³-hybridized carbons (Fsp3) is 0.308. The minimum absolute atomic E-state index is 0.0800. The molecule has 1 aliphatic heterocycles. The first-order valence-electron chi connectivity index (χ1n) is 6.15. The van der Waals surface area contributed by atoms with Gasteiger partial charge in [0.05, 0.1) is 5.92 Å². The Balaban J connectivity index is 1.81. The Hall–Kier alpha value is -2.37. The molecule has 1 unspecified atom stereocenters. The van der Waals surface area contributed by atoms with E-state index in [1.54, 1.807) is 0 Å². The summed E-state index contributed by atoms with van der Waals surface area (Å²) in [6, 6.07) is 8.13. The number of nitrogens with zero attached hydrogens (tertiary/aromatic N) is 2. The number of anilines is 1. The second kappa shape index (κ2) is 4.72. The average Bonchev–Trinajstić information content (AvgIpc) is 2.95. The predicted octanol–water partition coefficient (Wildman–Crippen LogP) is 1.18. The van der Waals surface area contributed by atoms with Gasteiger partial charge in [0.25, 0.3) is 11.7 Å². The number of aromatic nitrogens is 2. The van der Waals surface area contributed by atoms with E-state index in [-0.39, 0.29) is 17.6 Å². The Morgan fingerprint density at radius 2 is 2.32 bits per heavy atom. The fourth-order valence-corrected chi connectivity index (χ4v) is 2.22. The maximum absolute atomic E-state index is 11.4. The molecule has 1 atom stereocenters. The Morgan fingerprint density at radius 3 is 3.16 bits per heavy atom. The van der Waals surface area contributed by atoms with E-state index in [9.17, 15) is 4.79 Å². The van der Waals surface area contributed by atoms with Crippen molar-refractivity contribution in [1.29, 1.82) is 0 Å². The van der Waals surface area contributed by atoms with Crippen molar-refractivity contribution in [2.45, 2.75) is 12.3 Å². The summed E-state index contributed by atoms with van der Waals surface area (Å²) in [5.74, 6) is 0.344. The van der Waals surface area contributed by atoms with Crippen LogP contribution in [0.2, 0.25) is 0 Å². The molecule has 19 heavy (non-hydrogen) atoms. The minimum Gasteiger partial charge on any atom is -0.384 e. The molecule has 1 amide bonds. The summed E-state index contributed by atoms with van der Waals surface area (Å²) in [5, 5.41) is 9.50. The molecule has 0 aliphatic carbocycles. The van der Waals surface area contributed by atoms with E-state index in [1.165, 1.54) is 12.6 Å². The Kier molecular flexibility index (Phi) is 2.91. The van der Waals surface area contributed by atoms with Gasteiger partial charge in [-0.1, -0.05) is 23.4 Å². The molecular weight excluding hydrogens is 244 g/mol. The van der Waals surface area contributed by atoms with Gasteiger partial charge in [-0.05, 0) is 18.1 Å². The molecule has 2 aromatic rings. The summed E-state index contributed by atoms with van der Waals surface area (Å²) in [7, 11) is 1.54. The van der Waals surface area contributed by atoms with Gasteiger partial charge in [0, 0.05) is 19.3 Å². The molecule has 6 heteroatoms. The lowest BCUT2D eigenvalue weighted by Gasteiger charge is -2.23. The largest absolute Gasteiger partial charge is 0.384 e. The topological polar surface area (TPSA) is 80.0 Å². The van der Waals surface area contributed by atoms with Crippen LogP contribution in [-0.4, -0.2) is 29.6 Å². The molecule has 0 fully saturated rings. The van der Waals surface area contributed by atoms with Crippen molar-refractivity contribution in [3.8, 4) is 0 Å². The molecule has 2 N–H and O–H groups in total. The number of hydrogen-bond donors (Lipinski definition) is 2. The number of rotatable bonds is 2. The lowest BCUT2D eigenvalue weighted by molar-refractivity contribution is 0.0950. The van der Waals surface area contributed by atoms with E-state index in [0.717, 1.165) is 18.7 Å². The number of amides is 1. The number of hydrogen-bond acceptors (Lipinski definition) is 5. The number of benzene rings is 1. The van der Waals surface area contributed by atoms with E-state index in [4.69, 9.17) is 4.52 Å². The van der Waals surface area contributed by atoms with E-state index < -0.39 is 0 Å². The quantitative estimate of drug-likeness (QED) is 0.845. The van der Waals surface area contributed by atoms with Crippen LogP contribution < -0.4 is 10.6 Å². The van der Waals surface area contributed by atoms with Gasteiger partial charge in [-0.15, -0.1) is 0 Å². The normalized spacial score (nSPS) is 17.4. The van der Waals surface area contributed by atoms with Crippen LogP contribution in [0.1, 0.15) is 28.0 Å². The highest BCUT2D eigenvalue weighted by Gasteiger charge is 2.25. The van der Waals surface area contributed by atoms with Gasteiger partial charge in [0.1, 0.15) is 0 Å². The number of carbonyl (C=O) groups excluding carboxylic acids is 1. The molecule has 1 aliphatic rings. The molecule has 0 saturated heterocycles. The molecule has 1 aromatic heterocycles. The van der Waals surface area contributed by atoms with Gasteiger partial charge in [0.15, 0.2) is 0 Å².